The van der Waals surface area contributed by atoms with Gasteiger partial charge in [0.1, 0.15) is 0 Å². The lowest BCUT2D eigenvalue weighted by molar-refractivity contribution is -0.117. The van der Waals surface area contributed by atoms with Gasteiger partial charge in [0.2, 0.25) is 11.8 Å². The quantitative estimate of drug-likeness (QED) is 0.824. The molecule has 0 radical (unpaired) electrons. The third kappa shape index (κ3) is 6.01. The summed E-state index contributed by atoms with van der Waals surface area (Å²) in [5, 5.41) is 5.58. The van der Waals surface area contributed by atoms with Gasteiger partial charge in [-0.15, -0.1) is 0 Å². The lowest BCUT2D eigenvalue weighted by atomic mass is 10.2. The molecule has 5 heteroatoms. The van der Waals surface area contributed by atoms with Gasteiger partial charge < -0.3 is 15.5 Å². The van der Waals surface area contributed by atoms with E-state index >= 15 is 0 Å². The molecule has 5 nitrogen and oxygen atoms in total. The Morgan fingerprint density at radius 1 is 1.00 bits per heavy atom. The predicted octanol–water partition coefficient (Wildman–Crippen LogP) is 1.93. The summed E-state index contributed by atoms with van der Waals surface area (Å²) in [4.78, 5) is 24.8. The maximum Gasteiger partial charge on any atom is 0.238 e. The Morgan fingerprint density at radius 3 is 1.89 bits per heavy atom. The summed E-state index contributed by atoms with van der Waals surface area (Å²) in [5.41, 5.74) is 1.46. The monoisotopic (exact) mass is 263 g/mol. The molecule has 0 fully saturated rings. The van der Waals surface area contributed by atoms with Crippen molar-refractivity contribution in [2.24, 2.45) is 0 Å². The smallest absolute Gasteiger partial charge is 0.238 e. The molecule has 0 aromatic heterocycles. The molecule has 0 aliphatic carbocycles. The van der Waals surface area contributed by atoms with Crippen LogP contribution in [0, 0.1) is 0 Å². The number of carbonyl (C=O) groups is 2. The fraction of sp³-hybridized carbons (Fsp3) is 0.429. The number of anilines is 2. The Labute approximate surface area is 114 Å². The lowest BCUT2D eigenvalue weighted by Crippen LogP contribution is -2.27. The largest absolute Gasteiger partial charge is 0.326 e. The molecule has 0 spiro atoms. The minimum absolute atomic E-state index is 0.00638. The van der Waals surface area contributed by atoms with Crippen LogP contribution in [0.5, 0.6) is 0 Å². The van der Waals surface area contributed by atoms with Crippen molar-refractivity contribution in [3.63, 3.8) is 0 Å². The van der Waals surface area contributed by atoms with Crippen LogP contribution in [0.4, 0.5) is 11.4 Å². The third-order valence-electron chi connectivity index (χ3n) is 2.39. The van der Waals surface area contributed by atoms with E-state index in [1.54, 1.807) is 29.2 Å². The molecule has 2 N–H and O–H groups in total. The first-order valence-corrected chi connectivity index (χ1v) is 6.35. The molecule has 0 atom stereocenters. The van der Waals surface area contributed by atoms with E-state index in [9.17, 15) is 9.59 Å². The Morgan fingerprint density at radius 2 is 1.47 bits per heavy atom. The number of hydrogen-bond acceptors (Lipinski definition) is 3. The van der Waals surface area contributed by atoms with Crippen LogP contribution < -0.4 is 10.6 Å². The number of rotatable bonds is 6. The maximum atomic E-state index is 11.5. The summed E-state index contributed by atoms with van der Waals surface area (Å²) in [6.07, 6.45) is 1.34. The van der Waals surface area contributed by atoms with Gasteiger partial charge in [-0.3, -0.25) is 9.59 Å². The highest BCUT2D eigenvalue weighted by Crippen LogP contribution is 2.13. The van der Waals surface area contributed by atoms with Gasteiger partial charge in [0, 0.05) is 17.8 Å². The normalized spacial score (nSPS) is 10.3. The minimum atomic E-state index is -0.0623. The molecule has 0 saturated carbocycles. The second-order valence-corrected chi connectivity index (χ2v) is 4.66. The fourth-order valence-corrected chi connectivity index (χ4v) is 1.58. The predicted molar refractivity (Wildman–Crippen MR) is 77.2 cm³/mol. The van der Waals surface area contributed by atoms with Crippen molar-refractivity contribution in [3.8, 4) is 0 Å². The van der Waals surface area contributed by atoms with E-state index < -0.39 is 0 Å². The van der Waals surface area contributed by atoms with Gasteiger partial charge in [-0.05, 0) is 44.8 Å². The van der Waals surface area contributed by atoms with Crippen molar-refractivity contribution in [2.45, 2.75) is 19.8 Å². The summed E-state index contributed by atoms with van der Waals surface area (Å²) in [5.74, 6) is -0.0559. The van der Waals surface area contributed by atoms with Gasteiger partial charge in [0.25, 0.3) is 0 Å². The SMILES string of the molecule is CCCC(=O)Nc1ccc(NC(=O)CN(C)C)cc1. The molecule has 104 valence electrons. The van der Waals surface area contributed by atoms with E-state index in [0.29, 0.717) is 13.0 Å². The van der Waals surface area contributed by atoms with Crippen LogP contribution in [-0.4, -0.2) is 37.4 Å². The molecular weight excluding hydrogens is 242 g/mol. The highest BCUT2D eigenvalue weighted by atomic mass is 16.2. The lowest BCUT2D eigenvalue weighted by Gasteiger charge is -2.10. The summed E-state index contributed by atoms with van der Waals surface area (Å²) >= 11 is 0. The average molecular weight is 263 g/mol. The van der Waals surface area contributed by atoms with Gasteiger partial charge in [0.05, 0.1) is 6.54 Å². The van der Waals surface area contributed by atoms with Crippen molar-refractivity contribution in [3.05, 3.63) is 24.3 Å². The Hall–Kier alpha value is -1.88. The van der Waals surface area contributed by atoms with Crippen LogP contribution in [0.2, 0.25) is 0 Å². The number of likely N-dealkylation sites (N-methyl/N-ethyl adjacent to an activating group) is 1. The van der Waals surface area contributed by atoms with Crippen LogP contribution in [0.25, 0.3) is 0 Å². The summed E-state index contributed by atoms with van der Waals surface area (Å²) in [6, 6.07) is 7.10. The van der Waals surface area contributed by atoms with E-state index in [1.807, 2.05) is 21.0 Å². The summed E-state index contributed by atoms with van der Waals surface area (Å²) in [7, 11) is 3.68. The zero-order chi connectivity index (χ0) is 14.3. The van der Waals surface area contributed by atoms with E-state index in [4.69, 9.17) is 0 Å². The first kappa shape index (κ1) is 15.2. The molecule has 19 heavy (non-hydrogen) atoms. The zero-order valence-corrected chi connectivity index (χ0v) is 11.7. The zero-order valence-electron chi connectivity index (χ0n) is 11.7. The van der Waals surface area contributed by atoms with Crippen LogP contribution in [0.15, 0.2) is 24.3 Å². The molecule has 1 aromatic carbocycles. The molecule has 0 aliphatic rings. The Balaban J connectivity index is 2.52. The van der Waals surface area contributed by atoms with Gasteiger partial charge in [-0.25, -0.2) is 0 Å². The third-order valence-corrected chi connectivity index (χ3v) is 2.39. The van der Waals surface area contributed by atoms with Crippen molar-refractivity contribution in [1.82, 2.24) is 4.90 Å². The van der Waals surface area contributed by atoms with Crippen LogP contribution in [-0.2, 0) is 9.59 Å². The van der Waals surface area contributed by atoms with E-state index in [0.717, 1.165) is 17.8 Å². The molecular formula is C14H21N3O2. The first-order valence-electron chi connectivity index (χ1n) is 6.35. The molecule has 1 rings (SSSR count). The number of benzene rings is 1. The van der Waals surface area contributed by atoms with Crippen molar-refractivity contribution >= 4 is 23.2 Å². The molecule has 0 unspecified atom stereocenters. The second-order valence-electron chi connectivity index (χ2n) is 4.66. The highest BCUT2D eigenvalue weighted by molar-refractivity contribution is 5.93. The highest BCUT2D eigenvalue weighted by Gasteiger charge is 2.04. The Kier molecular flexibility index (Phi) is 6.02. The van der Waals surface area contributed by atoms with E-state index in [-0.39, 0.29) is 11.8 Å². The summed E-state index contributed by atoms with van der Waals surface area (Å²) in [6.45, 7) is 2.30. The summed E-state index contributed by atoms with van der Waals surface area (Å²) < 4.78 is 0. The number of hydrogen-bond donors (Lipinski definition) is 2. The molecule has 0 bridgehead atoms. The number of carbonyl (C=O) groups excluding carboxylic acids is 2. The van der Waals surface area contributed by atoms with Gasteiger partial charge in [0.15, 0.2) is 0 Å². The van der Waals surface area contributed by atoms with E-state index in [2.05, 4.69) is 10.6 Å². The number of nitrogens with one attached hydrogen (secondary N) is 2. The van der Waals surface area contributed by atoms with Crippen molar-refractivity contribution in [2.75, 3.05) is 31.3 Å². The molecule has 0 aliphatic heterocycles. The van der Waals surface area contributed by atoms with Crippen LogP contribution in [0.3, 0.4) is 0 Å². The second kappa shape index (κ2) is 7.53. The maximum absolute atomic E-state index is 11.5. The van der Waals surface area contributed by atoms with Crippen molar-refractivity contribution < 1.29 is 9.59 Å². The first-order chi connectivity index (χ1) is 9.01. The van der Waals surface area contributed by atoms with Crippen LogP contribution in [0.1, 0.15) is 19.8 Å². The fourth-order valence-electron chi connectivity index (χ4n) is 1.58. The van der Waals surface area contributed by atoms with Gasteiger partial charge in [-0.2, -0.15) is 0 Å². The molecule has 0 saturated heterocycles. The molecule has 0 heterocycles. The topological polar surface area (TPSA) is 61.4 Å². The standard InChI is InChI=1S/C14H21N3O2/c1-4-5-13(18)15-11-6-8-12(9-7-11)16-14(19)10-17(2)3/h6-9H,4-5,10H2,1-3H3,(H,15,18)(H,16,19). The van der Waals surface area contributed by atoms with Crippen LogP contribution >= 0.6 is 0 Å². The number of nitrogens with zero attached hydrogens (tertiary/aromatic N) is 1. The molecule has 1 aromatic rings. The molecule has 2 amide bonds. The van der Waals surface area contributed by atoms with Crippen molar-refractivity contribution in [1.29, 1.82) is 0 Å². The number of amides is 2. The van der Waals surface area contributed by atoms with E-state index in [1.165, 1.54) is 0 Å². The van der Waals surface area contributed by atoms with Gasteiger partial charge in [-0.1, -0.05) is 6.92 Å². The van der Waals surface area contributed by atoms with Gasteiger partial charge >= 0.3 is 0 Å². The average Bonchev–Trinajstić information content (AvgIpc) is 2.31. The Bertz CT molecular complexity index is 427. The minimum Gasteiger partial charge on any atom is -0.326 e.